The highest BCUT2D eigenvalue weighted by atomic mass is 19.1. The normalized spacial score (nSPS) is 15.4. The molecule has 0 spiro atoms. The van der Waals surface area contributed by atoms with Crippen molar-refractivity contribution >= 4 is 11.6 Å². The van der Waals surface area contributed by atoms with Crippen LogP contribution in [0, 0.1) is 12.7 Å². The second kappa shape index (κ2) is 9.15. The Bertz CT molecular complexity index is 819. The van der Waals surface area contributed by atoms with Crippen molar-refractivity contribution < 1.29 is 18.7 Å². The van der Waals surface area contributed by atoms with E-state index in [1.54, 1.807) is 30.3 Å². The number of amides is 1. The van der Waals surface area contributed by atoms with Crippen LogP contribution in [-0.4, -0.2) is 30.7 Å². The van der Waals surface area contributed by atoms with Crippen molar-refractivity contribution in [2.45, 2.75) is 44.9 Å². The molecule has 1 fully saturated rings. The van der Waals surface area contributed by atoms with Gasteiger partial charge in [-0.1, -0.05) is 31.0 Å². The average molecular weight is 386 g/mol. The maximum absolute atomic E-state index is 14.5. The summed E-state index contributed by atoms with van der Waals surface area (Å²) in [7, 11) is 0. The van der Waals surface area contributed by atoms with E-state index in [0.29, 0.717) is 55.5 Å². The molecule has 3 rings (SSSR count). The molecule has 6 heteroatoms. The van der Waals surface area contributed by atoms with Gasteiger partial charge >= 0.3 is 0 Å². The number of aryl methyl sites for hydroxylation is 1. The Labute approximate surface area is 165 Å². The van der Waals surface area contributed by atoms with E-state index in [-0.39, 0.29) is 11.7 Å². The molecule has 1 N–H and O–H groups in total. The van der Waals surface area contributed by atoms with Crippen LogP contribution in [-0.2, 0) is 14.9 Å². The highest BCUT2D eigenvalue weighted by Crippen LogP contribution is 2.43. The first kappa shape index (κ1) is 20.3. The lowest BCUT2D eigenvalue weighted by Gasteiger charge is -2.29. The number of nitrogens with zero attached hydrogens (tertiary/aromatic N) is 1. The van der Waals surface area contributed by atoms with Crippen molar-refractivity contribution in [2.24, 2.45) is 0 Å². The van der Waals surface area contributed by atoms with Gasteiger partial charge < -0.3 is 14.8 Å². The lowest BCUT2D eigenvalue weighted by molar-refractivity contribution is -0.121. The molecule has 0 aliphatic heterocycles. The summed E-state index contributed by atoms with van der Waals surface area (Å²) in [5.74, 6) is -0.0163. The van der Waals surface area contributed by atoms with Crippen molar-refractivity contribution in [1.82, 2.24) is 4.98 Å². The molecule has 28 heavy (non-hydrogen) atoms. The maximum atomic E-state index is 14.5. The molecule has 1 aromatic heterocycles. The van der Waals surface area contributed by atoms with Crippen LogP contribution in [0.4, 0.5) is 10.1 Å². The van der Waals surface area contributed by atoms with Crippen LogP contribution in [0.3, 0.4) is 0 Å². The minimum absolute atomic E-state index is 0.176. The van der Waals surface area contributed by atoms with Gasteiger partial charge in [0.1, 0.15) is 12.4 Å². The number of hydrogen-bond acceptors (Lipinski definition) is 4. The highest BCUT2D eigenvalue weighted by molar-refractivity contribution is 5.99. The number of rotatable bonds is 8. The number of aromatic nitrogens is 1. The number of hydrogen-bond donors (Lipinski definition) is 1. The Morgan fingerprint density at radius 1 is 1.18 bits per heavy atom. The van der Waals surface area contributed by atoms with Crippen LogP contribution < -0.4 is 10.1 Å². The molecule has 1 amide bonds. The Morgan fingerprint density at radius 2 is 1.93 bits per heavy atom. The summed E-state index contributed by atoms with van der Waals surface area (Å²) in [5, 5.41) is 2.97. The van der Waals surface area contributed by atoms with Crippen LogP contribution in [0.1, 0.15) is 43.9 Å². The Balaban J connectivity index is 1.75. The van der Waals surface area contributed by atoms with Gasteiger partial charge in [-0.3, -0.25) is 4.79 Å². The molecule has 1 aliphatic rings. The average Bonchev–Trinajstić information content (AvgIpc) is 3.18. The number of anilines is 1. The molecule has 1 saturated carbocycles. The van der Waals surface area contributed by atoms with Crippen LogP contribution in [0.5, 0.6) is 5.88 Å². The van der Waals surface area contributed by atoms with Gasteiger partial charge in [-0.05, 0) is 38.8 Å². The zero-order chi connectivity index (χ0) is 20.0. The first-order chi connectivity index (χ1) is 13.6. The Kier molecular flexibility index (Phi) is 6.62. The van der Waals surface area contributed by atoms with E-state index in [1.807, 2.05) is 13.8 Å². The number of nitrogens with one attached hydrogen (secondary N) is 1. The molecule has 0 saturated heterocycles. The maximum Gasteiger partial charge on any atom is 0.235 e. The molecule has 0 radical (unpaired) electrons. The predicted molar refractivity (Wildman–Crippen MR) is 106 cm³/mol. The fraction of sp³-hybridized carbons (Fsp3) is 0.455. The summed E-state index contributed by atoms with van der Waals surface area (Å²) in [4.78, 5) is 17.6. The molecule has 1 aromatic carbocycles. The van der Waals surface area contributed by atoms with Crippen molar-refractivity contribution in [3.8, 4) is 5.88 Å². The van der Waals surface area contributed by atoms with Crippen molar-refractivity contribution in [3.05, 3.63) is 53.5 Å². The Morgan fingerprint density at radius 3 is 2.61 bits per heavy atom. The molecule has 0 bridgehead atoms. The fourth-order valence-electron chi connectivity index (χ4n) is 3.79. The lowest BCUT2D eigenvalue weighted by Crippen LogP contribution is -2.39. The number of ether oxygens (including phenoxy) is 2. The van der Waals surface area contributed by atoms with Crippen molar-refractivity contribution in [3.63, 3.8) is 0 Å². The molecule has 150 valence electrons. The number of carbonyl (C=O) groups excluding carboxylic acids is 1. The standard InChI is InChI=1S/C22H27FN2O3/c1-3-27-14-15-28-20-11-10-19(16(2)24-20)25-21(26)22(12-6-7-13-22)17-8-4-5-9-18(17)23/h4-5,8-11H,3,6-7,12-15H2,1-2H3,(H,25,26). The molecular weight excluding hydrogens is 359 g/mol. The largest absolute Gasteiger partial charge is 0.475 e. The quantitative estimate of drug-likeness (QED) is 0.684. The van der Waals surface area contributed by atoms with Crippen LogP contribution in [0.15, 0.2) is 36.4 Å². The lowest BCUT2D eigenvalue weighted by atomic mass is 9.77. The SMILES string of the molecule is CCOCCOc1ccc(NC(=O)C2(c3ccccc3F)CCCC2)c(C)n1. The van der Waals surface area contributed by atoms with Crippen LogP contribution >= 0.6 is 0 Å². The summed E-state index contributed by atoms with van der Waals surface area (Å²) in [6.45, 7) is 5.31. The van der Waals surface area contributed by atoms with Gasteiger partial charge in [0.2, 0.25) is 11.8 Å². The van der Waals surface area contributed by atoms with E-state index in [1.165, 1.54) is 6.07 Å². The van der Waals surface area contributed by atoms with E-state index < -0.39 is 5.41 Å². The summed E-state index contributed by atoms with van der Waals surface area (Å²) in [6.07, 6.45) is 3.10. The van der Waals surface area contributed by atoms with Crippen LogP contribution in [0.25, 0.3) is 0 Å². The topological polar surface area (TPSA) is 60.5 Å². The third kappa shape index (κ3) is 4.33. The first-order valence-corrected chi connectivity index (χ1v) is 9.81. The molecule has 0 unspecified atom stereocenters. The molecule has 5 nitrogen and oxygen atoms in total. The number of halogens is 1. The minimum atomic E-state index is -0.829. The smallest absolute Gasteiger partial charge is 0.235 e. The summed E-state index contributed by atoms with van der Waals surface area (Å²) < 4.78 is 25.3. The molecule has 1 heterocycles. The monoisotopic (exact) mass is 386 g/mol. The number of pyridine rings is 1. The molecule has 1 aliphatic carbocycles. The first-order valence-electron chi connectivity index (χ1n) is 9.81. The zero-order valence-corrected chi connectivity index (χ0v) is 16.5. The van der Waals surface area contributed by atoms with Gasteiger partial charge in [0, 0.05) is 18.2 Å². The van der Waals surface area contributed by atoms with E-state index in [0.717, 1.165) is 12.8 Å². The summed E-state index contributed by atoms with van der Waals surface area (Å²) in [5.41, 5.74) is 0.921. The van der Waals surface area contributed by atoms with Gasteiger partial charge in [-0.2, -0.15) is 0 Å². The van der Waals surface area contributed by atoms with E-state index in [4.69, 9.17) is 9.47 Å². The highest BCUT2D eigenvalue weighted by Gasteiger charge is 2.44. The zero-order valence-electron chi connectivity index (χ0n) is 16.5. The molecule has 0 atom stereocenters. The van der Waals surface area contributed by atoms with Gasteiger partial charge in [0.05, 0.1) is 23.4 Å². The van der Waals surface area contributed by atoms with E-state index in [2.05, 4.69) is 10.3 Å². The molecular formula is C22H27FN2O3. The number of benzene rings is 1. The third-order valence-electron chi connectivity index (χ3n) is 5.27. The fourth-order valence-corrected chi connectivity index (χ4v) is 3.79. The minimum Gasteiger partial charge on any atom is -0.475 e. The van der Waals surface area contributed by atoms with Gasteiger partial charge in [-0.25, -0.2) is 9.37 Å². The number of carbonyl (C=O) groups is 1. The molecule has 2 aromatic rings. The van der Waals surface area contributed by atoms with E-state index in [9.17, 15) is 9.18 Å². The second-order valence-corrected chi connectivity index (χ2v) is 7.05. The summed E-state index contributed by atoms with van der Waals surface area (Å²) >= 11 is 0. The van der Waals surface area contributed by atoms with E-state index >= 15 is 0 Å². The van der Waals surface area contributed by atoms with Gasteiger partial charge in [-0.15, -0.1) is 0 Å². The van der Waals surface area contributed by atoms with Gasteiger partial charge in [0.25, 0.3) is 0 Å². The van der Waals surface area contributed by atoms with Gasteiger partial charge in [0.15, 0.2) is 0 Å². The third-order valence-corrected chi connectivity index (χ3v) is 5.27. The van der Waals surface area contributed by atoms with Crippen LogP contribution in [0.2, 0.25) is 0 Å². The van der Waals surface area contributed by atoms with Crippen molar-refractivity contribution in [1.29, 1.82) is 0 Å². The summed E-state index contributed by atoms with van der Waals surface area (Å²) in [6, 6.07) is 10.1. The predicted octanol–water partition coefficient (Wildman–Crippen LogP) is 4.39. The van der Waals surface area contributed by atoms with Crippen molar-refractivity contribution in [2.75, 3.05) is 25.1 Å². The Hall–Kier alpha value is -2.47. The second-order valence-electron chi connectivity index (χ2n) is 7.05.